The van der Waals surface area contributed by atoms with Gasteiger partial charge in [0.25, 0.3) is 0 Å². The van der Waals surface area contributed by atoms with E-state index in [9.17, 15) is 39.6 Å². The molecule has 3 N–H and O–H groups in total. The van der Waals surface area contributed by atoms with Crippen molar-refractivity contribution in [2.24, 2.45) is 17.6 Å². The molecular formula is C21H19F6N3O3S. The molecule has 2 aromatic rings. The molecule has 1 unspecified atom stereocenters. The summed E-state index contributed by atoms with van der Waals surface area (Å²) in [5.74, 6) is -9.74. The predicted molar refractivity (Wildman–Crippen MR) is 107 cm³/mol. The van der Waals surface area contributed by atoms with Gasteiger partial charge in [-0.3, -0.25) is 4.79 Å². The SMILES string of the molecule is N[C@@H](CC(=O)NC1[C@H]2CN(S(=O)(=O)c3ccc(F)c(F)c3F)C[C@@H]12)Cc1cc(F)c(F)cc1F. The fourth-order valence-corrected chi connectivity index (χ4v) is 5.87. The predicted octanol–water partition coefficient (Wildman–Crippen LogP) is 2.22. The zero-order chi connectivity index (χ0) is 24.9. The molecule has 0 bridgehead atoms. The Bertz CT molecular complexity index is 1250. The molecule has 13 heteroatoms. The van der Waals surface area contributed by atoms with Crippen LogP contribution in [0.25, 0.3) is 0 Å². The first kappa shape index (κ1) is 24.5. The number of nitrogens with zero attached hydrogens (tertiary/aromatic N) is 1. The van der Waals surface area contributed by atoms with Gasteiger partial charge in [-0.05, 0) is 42.0 Å². The highest BCUT2D eigenvalue weighted by Crippen LogP contribution is 2.47. The van der Waals surface area contributed by atoms with E-state index in [1.165, 1.54) is 0 Å². The molecule has 1 heterocycles. The maximum atomic E-state index is 14.0. The Kier molecular flexibility index (Phi) is 6.38. The lowest BCUT2D eigenvalue weighted by Gasteiger charge is -2.21. The van der Waals surface area contributed by atoms with Gasteiger partial charge in [0, 0.05) is 37.7 Å². The third kappa shape index (κ3) is 4.51. The molecule has 34 heavy (non-hydrogen) atoms. The quantitative estimate of drug-likeness (QED) is 0.342. The molecule has 0 spiro atoms. The molecule has 4 atom stereocenters. The monoisotopic (exact) mass is 507 g/mol. The third-order valence-electron chi connectivity index (χ3n) is 6.12. The fraction of sp³-hybridized carbons (Fsp3) is 0.381. The number of piperidine rings is 1. The lowest BCUT2D eigenvalue weighted by Crippen LogP contribution is -2.39. The first-order valence-corrected chi connectivity index (χ1v) is 11.7. The molecule has 4 rings (SSSR count). The largest absolute Gasteiger partial charge is 0.353 e. The van der Waals surface area contributed by atoms with E-state index < -0.39 is 61.8 Å². The van der Waals surface area contributed by atoms with Crippen LogP contribution < -0.4 is 11.1 Å². The van der Waals surface area contributed by atoms with Crippen molar-refractivity contribution in [3.8, 4) is 0 Å². The van der Waals surface area contributed by atoms with Crippen molar-refractivity contribution in [1.82, 2.24) is 9.62 Å². The smallest absolute Gasteiger partial charge is 0.246 e. The van der Waals surface area contributed by atoms with Crippen molar-refractivity contribution in [2.45, 2.75) is 29.8 Å². The summed E-state index contributed by atoms with van der Waals surface area (Å²) in [6, 6.07) is 1.02. The van der Waals surface area contributed by atoms with Crippen LogP contribution in [0.5, 0.6) is 0 Å². The second-order valence-corrected chi connectivity index (χ2v) is 10.3. The van der Waals surface area contributed by atoms with Gasteiger partial charge in [0.1, 0.15) is 10.7 Å². The Morgan fingerprint density at radius 2 is 1.59 bits per heavy atom. The van der Waals surface area contributed by atoms with Crippen LogP contribution in [-0.2, 0) is 21.2 Å². The number of fused-ring (bicyclic) bond motifs is 1. The van der Waals surface area contributed by atoms with Gasteiger partial charge in [-0.2, -0.15) is 4.31 Å². The maximum absolute atomic E-state index is 14.0. The Hall–Kier alpha value is -2.64. The Labute approximate surface area is 190 Å². The molecular weight excluding hydrogens is 488 g/mol. The van der Waals surface area contributed by atoms with Gasteiger partial charge in [-0.1, -0.05) is 0 Å². The zero-order valence-electron chi connectivity index (χ0n) is 17.4. The number of nitrogens with one attached hydrogen (secondary N) is 1. The summed E-state index contributed by atoms with van der Waals surface area (Å²) in [5.41, 5.74) is 5.66. The van der Waals surface area contributed by atoms with E-state index in [0.717, 1.165) is 4.31 Å². The van der Waals surface area contributed by atoms with E-state index in [2.05, 4.69) is 5.32 Å². The van der Waals surface area contributed by atoms with Gasteiger partial charge >= 0.3 is 0 Å². The molecule has 184 valence electrons. The van der Waals surface area contributed by atoms with Crippen LogP contribution in [0.3, 0.4) is 0 Å². The minimum absolute atomic E-state index is 0.0531. The van der Waals surface area contributed by atoms with Gasteiger partial charge in [0.2, 0.25) is 15.9 Å². The van der Waals surface area contributed by atoms with Crippen LogP contribution in [0.1, 0.15) is 12.0 Å². The van der Waals surface area contributed by atoms with Crippen LogP contribution in [0, 0.1) is 46.7 Å². The maximum Gasteiger partial charge on any atom is 0.246 e. The second kappa shape index (κ2) is 8.86. The second-order valence-electron chi connectivity index (χ2n) is 8.44. The van der Waals surface area contributed by atoms with Crippen molar-refractivity contribution in [3.63, 3.8) is 0 Å². The summed E-state index contributed by atoms with van der Waals surface area (Å²) < 4.78 is 107. The van der Waals surface area contributed by atoms with Crippen LogP contribution in [0.15, 0.2) is 29.2 Å². The topological polar surface area (TPSA) is 92.5 Å². The minimum atomic E-state index is -4.40. The standard InChI is InChI=1S/C21H19F6N3O3S/c22-13-1-2-17(20(27)19(13)26)34(32,33)30-7-11-12(8-30)21(11)29-18(31)5-10(28)3-9-4-15(24)16(25)6-14(9)23/h1-2,4,6,10-12,21H,3,5,7-8,28H2,(H,29,31)/t10-,11-,12+,21?/m1/s1. The number of carbonyl (C=O) groups is 1. The van der Waals surface area contributed by atoms with E-state index in [1.807, 2.05) is 0 Å². The van der Waals surface area contributed by atoms with Crippen LogP contribution in [0.4, 0.5) is 26.3 Å². The van der Waals surface area contributed by atoms with Crippen LogP contribution in [0.2, 0.25) is 0 Å². The number of carbonyl (C=O) groups excluding carboxylic acids is 1. The summed E-state index contributed by atoms with van der Waals surface area (Å²) in [7, 11) is -4.40. The van der Waals surface area contributed by atoms with E-state index >= 15 is 0 Å². The summed E-state index contributed by atoms with van der Waals surface area (Å²) in [6.07, 6.45) is -0.448. The number of hydrogen-bond donors (Lipinski definition) is 2. The van der Waals surface area contributed by atoms with Crippen molar-refractivity contribution >= 4 is 15.9 Å². The normalized spacial score (nSPS) is 23.0. The van der Waals surface area contributed by atoms with Crippen molar-refractivity contribution < 1.29 is 39.6 Å². The van der Waals surface area contributed by atoms with E-state index in [1.54, 1.807) is 0 Å². The Morgan fingerprint density at radius 3 is 2.24 bits per heavy atom. The van der Waals surface area contributed by atoms with E-state index in [-0.39, 0.29) is 49.4 Å². The lowest BCUT2D eigenvalue weighted by atomic mass is 10.0. The average molecular weight is 507 g/mol. The summed E-state index contributed by atoms with van der Waals surface area (Å²) in [6.45, 7) is -0.106. The first-order valence-electron chi connectivity index (χ1n) is 10.2. The highest BCUT2D eigenvalue weighted by Gasteiger charge is 2.59. The van der Waals surface area contributed by atoms with Gasteiger partial charge < -0.3 is 11.1 Å². The molecule has 1 amide bonds. The Balaban J connectivity index is 1.30. The van der Waals surface area contributed by atoms with Crippen LogP contribution in [-0.4, -0.2) is 43.8 Å². The average Bonchev–Trinajstić information content (AvgIpc) is 3.17. The molecule has 1 aliphatic heterocycles. The number of hydrogen-bond acceptors (Lipinski definition) is 4. The zero-order valence-corrected chi connectivity index (χ0v) is 18.2. The number of sulfonamides is 1. The highest BCUT2D eigenvalue weighted by molar-refractivity contribution is 7.89. The van der Waals surface area contributed by atoms with Gasteiger partial charge in [-0.15, -0.1) is 0 Å². The summed E-state index contributed by atoms with van der Waals surface area (Å²) in [4.78, 5) is 11.3. The van der Waals surface area contributed by atoms with E-state index in [4.69, 9.17) is 5.73 Å². The van der Waals surface area contributed by atoms with Crippen molar-refractivity contribution in [3.05, 3.63) is 64.7 Å². The molecule has 0 aromatic heterocycles. The number of halogens is 6. The third-order valence-corrected chi connectivity index (χ3v) is 7.97. The molecule has 2 aliphatic rings. The molecule has 1 aliphatic carbocycles. The molecule has 6 nitrogen and oxygen atoms in total. The number of nitrogens with two attached hydrogens (primary N) is 1. The minimum Gasteiger partial charge on any atom is -0.353 e. The number of rotatable bonds is 7. The lowest BCUT2D eigenvalue weighted by molar-refractivity contribution is -0.121. The fourth-order valence-electron chi connectivity index (χ4n) is 4.30. The summed E-state index contributed by atoms with van der Waals surface area (Å²) in [5, 5.41) is 2.70. The Morgan fingerprint density at radius 1 is 0.971 bits per heavy atom. The molecule has 2 aromatic carbocycles. The van der Waals surface area contributed by atoms with Crippen molar-refractivity contribution in [1.29, 1.82) is 0 Å². The van der Waals surface area contributed by atoms with Gasteiger partial charge in [-0.25, -0.2) is 34.8 Å². The van der Waals surface area contributed by atoms with E-state index in [0.29, 0.717) is 24.3 Å². The molecule has 2 fully saturated rings. The first-order chi connectivity index (χ1) is 15.9. The summed E-state index contributed by atoms with van der Waals surface area (Å²) >= 11 is 0. The van der Waals surface area contributed by atoms with Gasteiger partial charge in [0.05, 0.1) is 0 Å². The molecule has 0 radical (unpaired) electrons. The highest BCUT2D eigenvalue weighted by atomic mass is 32.2. The molecule has 1 saturated carbocycles. The molecule has 1 saturated heterocycles. The number of benzene rings is 2. The van der Waals surface area contributed by atoms with Crippen LogP contribution >= 0.6 is 0 Å². The van der Waals surface area contributed by atoms with Crippen molar-refractivity contribution in [2.75, 3.05) is 13.1 Å². The number of amides is 1. The van der Waals surface area contributed by atoms with Gasteiger partial charge in [0.15, 0.2) is 29.1 Å².